The van der Waals surface area contributed by atoms with Gasteiger partial charge in [-0.05, 0) is 55.8 Å². The van der Waals surface area contributed by atoms with E-state index in [1.165, 1.54) is 46.0 Å². The van der Waals surface area contributed by atoms with Crippen LogP contribution in [0.3, 0.4) is 0 Å². The molecule has 9 nitrogen and oxygen atoms in total. The predicted octanol–water partition coefficient (Wildman–Crippen LogP) is 6.26. The Morgan fingerprint density at radius 1 is 1.02 bits per heavy atom. The Morgan fingerprint density at radius 3 is 2.50 bits per heavy atom. The number of hydrogen-bond donors (Lipinski definition) is 1. The van der Waals surface area contributed by atoms with Crippen LogP contribution < -0.4 is 10.2 Å². The van der Waals surface area contributed by atoms with Crippen LogP contribution in [0.15, 0.2) is 67.5 Å². The number of aryl methyl sites for hydroxylation is 2. The summed E-state index contributed by atoms with van der Waals surface area (Å²) in [5.74, 6) is -0.673. The second-order valence-corrected chi connectivity index (χ2v) is 9.43. The highest BCUT2D eigenvalue weighted by molar-refractivity contribution is 6.34. The Balaban J connectivity index is 1.45. The largest absolute Gasteiger partial charge is 0.416 e. The topological polar surface area (TPSA) is 97.9 Å². The van der Waals surface area contributed by atoms with Crippen molar-refractivity contribution in [1.29, 1.82) is 0 Å². The van der Waals surface area contributed by atoms with E-state index in [-0.39, 0.29) is 16.4 Å². The van der Waals surface area contributed by atoms with Gasteiger partial charge in [0.2, 0.25) is 0 Å². The smallest absolute Gasteiger partial charge is 0.311 e. The number of halogens is 4. The Labute approximate surface area is 230 Å². The van der Waals surface area contributed by atoms with Crippen LogP contribution in [-0.4, -0.2) is 43.1 Å². The third-order valence-electron chi connectivity index (χ3n) is 6.31. The average molecular weight is 568 g/mol. The van der Waals surface area contributed by atoms with E-state index in [0.29, 0.717) is 33.7 Å². The van der Waals surface area contributed by atoms with Crippen LogP contribution in [0, 0.1) is 13.8 Å². The Morgan fingerprint density at radius 2 is 1.80 bits per heavy atom. The van der Waals surface area contributed by atoms with Gasteiger partial charge in [0.25, 0.3) is 5.91 Å². The van der Waals surface area contributed by atoms with Crippen molar-refractivity contribution in [2.45, 2.75) is 20.0 Å². The van der Waals surface area contributed by atoms with Crippen molar-refractivity contribution < 1.29 is 22.8 Å². The van der Waals surface area contributed by atoms with Gasteiger partial charge < -0.3 is 14.8 Å². The summed E-state index contributed by atoms with van der Waals surface area (Å²) in [5.41, 5.74) is 1.37. The highest BCUT2D eigenvalue weighted by atomic mass is 35.5. The number of aromatic nitrogens is 5. The first-order valence-electron chi connectivity index (χ1n) is 11.8. The number of nitrogens with one attached hydrogen (secondary N) is 1. The van der Waals surface area contributed by atoms with Crippen molar-refractivity contribution in [3.63, 3.8) is 0 Å². The molecule has 204 valence electrons. The first-order valence-corrected chi connectivity index (χ1v) is 12.2. The maximum absolute atomic E-state index is 13.7. The number of alkyl halides is 3. The molecule has 40 heavy (non-hydrogen) atoms. The van der Waals surface area contributed by atoms with Crippen molar-refractivity contribution in [2.24, 2.45) is 0 Å². The molecule has 13 heteroatoms. The minimum absolute atomic E-state index is 0.145. The second kappa shape index (κ2) is 10.1. The van der Waals surface area contributed by atoms with Crippen molar-refractivity contribution in [3.05, 3.63) is 95.1 Å². The number of benzene rings is 2. The van der Waals surface area contributed by atoms with E-state index < -0.39 is 23.7 Å². The van der Waals surface area contributed by atoms with Gasteiger partial charge in [-0.3, -0.25) is 9.36 Å². The third-order valence-corrected chi connectivity index (χ3v) is 6.61. The number of nitrogens with zero attached hydrogens (tertiary/aromatic N) is 6. The quantitative estimate of drug-likeness (QED) is 0.258. The minimum atomic E-state index is -4.67. The summed E-state index contributed by atoms with van der Waals surface area (Å²) in [6.07, 6.45) is 1.02. The fraction of sp³-hybridized carbons (Fsp3) is 0.148. The Hall–Kier alpha value is -4.71. The lowest BCUT2D eigenvalue weighted by atomic mass is 10.1. The molecule has 2 aromatic carbocycles. The maximum atomic E-state index is 13.7. The van der Waals surface area contributed by atoms with Crippen molar-refractivity contribution in [2.75, 3.05) is 17.3 Å². The molecular weight excluding hydrogens is 547 g/mol. The minimum Gasteiger partial charge on any atom is -0.311 e. The van der Waals surface area contributed by atoms with Crippen LogP contribution in [0.4, 0.5) is 29.3 Å². The summed E-state index contributed by atoms with van der Waals surface area (Å²) < 4.78 is 43.8. The van der Waals surface area contributed by atoms with Gasteiger partial charge in [-0.2, -0.15) is 13.2 Å². The zero-order valence-corrected chi connectivity index (χ0v) is 22.1. The molecular formula is C27H21ClF3N7O2. The van der Waals surface area contributed by atoms with Crippen LogP contribution in [0.25, 0.3) is 16.7 Å². The number of hydrogen-bond acceptors (Lipinski definition) is 5. The van der Waals surface area contributed by atoms with Crippen LogP contribution in [0.1, 0.15) is 27.2 Å². The first-order chi connectivity index (χ1) is 18.9. The highest BCUT2D eigenvalue weighted by Gasteiger charge is 2.32. The summed E-state index contributed by atoms with van der Waals surface area (Å²) in [4.78, 5) is 39.7. The van der Waals surface area contributed by atoms with Crippen LogP contribution in [-0.2, 0) is 6.18 Å². The van der Waals surface area contributed by atoms with Crippen LogP contribution in [0.2, 0.25) is 5.15 Å². The normalized spacial score (nSPS) is 11.6. The molecule has 0 saturated carbocycles. The molecule has 0 aliphatic heterocycles. The molecule has 0 aliphatic carbocycles. The molecule has 3 aromatic heterocycles. The van der Waals surface area contributed by atoms with E-state index in [1.54, 1.807) is 44.3 Å². The van der Waals surface area contributed by atoms with Gasteiger partial charge in [-0.25, -0.2) is 19.7 Å². The van der Waals surface area contributed by atoms with Gasteiger partial charge in [0.1, 0.15) is 11.5 Å². The molecule has 3 heterocycles. The van der Waals surface area contributed by atoms with Gasteiger partial charge in [0.05, 0.1) is 23.0 Å². The molecule has 0 aliphatic rings. The van der Waals surface area contributed by atoms with E-state index in [9.17, 15) is 22.8 Å². The second-order valence-electron chi connectivity index (χ2n) is 9.07. The SMILES string of the molecule is Cc1cn(-c2cc(C(=O)N(C)c3ccc(C)c(NC(=O)n4ccc5c(Cl)ncnc54)c3)cc(C(F)(F)F)c2)cn1. The van der Waals surface area contributed by atoms with Crippen molar-refractivity contribution in [1.82, 2.24) is 24.1 Å². The number of anilines is 2. The summed E-state index contributed by atoms with van der Waals surface area (Å²) in [7, 11) is 1.44. The summed E-state index contributed by atoms with van der Waals surface area (Å²) in [6.45, 7) is 3.47. The molecule has 0 radical (unpaired) electrons. The lowest BCUT2D eigenvalue weighted by molar-refractivity contribution is -0.137. The number of imidazole rings is 1. The van der Waals surface area contributed by atoms with E-state index in [4.69, 9.17) is 11.6 Å². The fourth-order valence-corrected chi connectivity index (χ4v) is 4.32. The number of amides is 2. The number of rotatable bonds is 4. The monoisotopic (exact) mass is 567 g/mol. The van der Waals surface area contributed by atoms with Gasteiger partial charge >= 0.3 is 12.2 Å². The zero-order chi connectivity index (χ0) is 28.8. The lowest BCUT2D eigenvalue weighted by Crippen LogP contribution is -2.27. The standard InChI is InChI=1S/C27H21ClF3N7O2/c1-15-4-5-19(11-22(15)35-26(40)38-7-6-21-23(28)32-13-33-24(21)38)36(3)25(39)17-8-18(27(29,30)31)10-20(9-17)37-12-16(2)34-14-37/h4-14H,1-3H3,(H,35,40). The van der Waals surface area contributed by atoms with Gasteiger partial charge in [-0.15, -0.1) is 0 Å². The molecule has 5 rings (SSSR count). The number of carbonyl (C=O) groups excluding carboxylic acids is 2. The molecule has 0 atom stereocenters. The fourth-order valence-electron chi connectivity index (χ4n) is 4.13. The molecule has 0 saturated heterocycles. The number of fused-ring (bicyclic) bond motifs is 1. The Kier molecular flexibility index (Phi) is 6.80. The molecule has 0 spiro atoms. The zero-order valence-electron chi connectivity index (χ0n) is 21.4. The van der Waals surface area contributed by atoms with E-state index in [0.717, 1.165) is 12.1 Å². The average Bonchev–Trinajstić information content (AvgIpc) is 3.55. The Bertz CT molecular complexity index is 1780. The molecule has 2 amide bonds. The van der Waals surface area contributed by atoms with Crippen LogP contribution >= 0.6 is 11.6 Å². The summed E-state index contributed by atoms with van der Waals surface area (Å²) >= 11 is 6.08. The molecule has 0 fully saturated rings. The molecule has 1 N–H and O–H groups in total. The van der Waals surface area contributed by atoms with E-state index >= 15 is 0 Å². The van der Waals surface area contributed by atoms with Gasteiger partial charge in [0, 0.05) is 42.1 Å². The van der Waals surface area contributed by atoms with Gasteiger partial charge in [-0.1, -0.05) is 17.7 Å². The number of carbonyl (C=O) groups is 2. The summed E-state index contributed by atoms with van der Waals surface area (Å²) in [6, 6.07) is 9.11. The maximum Gasteiger partial charge on any atom is 0.416 e. The van der Waals surface area contributed by atoms with Crippen LogP contribution in [0.5, 0.6) is 0 Å². The summed E-state index contributed by atoms with van der Waals surface area (Å²) in [5, 5.41) is 3.49. The molecule has 0 bridgehead atoms. The van der Waals surface area contributed by atoms with Crippen molar-refractivity contribution in [3.8, 4) is 5.69 Å². The first kappa shape index (κ1) is 26.9. The van der Waals surface area contributed by atoms with Gasteiger partial charge in [0.15, 0.2) is 5.65 Å². The third kappa shape index (κ3) is 5.13. The lowest BCUT2D eigenvalue weighted by Gasteiger charge is -2.21. The molecule has 0 unspecified atom stereocenters. The predicted molar refractivity (Wildman–Crippen MR) is 144 cm³/mol. The van der Waals surface area contributed by atoms with E-state index in [1.807, 2.05) is 0 Å². The van der Waals surface area contributed by atoms with Crippen molar-refractivity contribution >= 4 is 45.9 Å². The van der Waals surface area contributed by atoms with E-state index in [2.05, 4.69) is 20.3 Å². The molecule has 5 aromatic rings. The highest BCUT2D eigenvalue weighted by Crippen LogP contribution is 2.33.